The van der Waals surface area contributed by atoms with E-state index in [2.05, 4.69) is 17.1 Å². The van der Waals surface area contributed by atoms with Gasteiger partial charge in [0.05, 0.1) is 20.0 Å². The van der Waals surface area contributed by atoms with E-state index in [0.29, 0.717) is 34.3 Å². The van der Waals surface area contributed by atoms with Crippen LogP contribution in [0.1, 0.15) is 19.8 Å². The number of hydrogen-bond donors (Lipinski definition) is 0. The van der Waals surface area contributed by atoms with E-state index >= 15 is 0 Å². The minimum Gasteiger partial charge on any atom is -0.493 e. The Labute approximate surface area is 157 Å². The SMILES string of the molecule is COc1ccc(-c2nnc(SCC(=O)N3CCC[C@H](C)C3)o2)cc1OC. The molecule has 7 nitrogen and oxygen atoms in total. The van der Waals surface area contributed by atoms with Crippen molar-refractivity contribution in [3.05, 3.63) is 18.2 Å². The van der Waals surface area contributed by atoms with Crippen LogP contribution in [-0.4, -0.2) is 54.1 Å². The lowest BCUT2D eigenvalue weighted by atomic mass is 10.0. The molecule has 0 saturated carbocycles. The first-order valence-electron chi connectivity index (χ1n) is 8.57. The van der Waals surface area contributed by atoms with Crippen LogP contribution in [0.15, 0.2) is 27.8 Å². The second kappa shape index (κ2) is 8.44. The zero-order valence-electron chi connectivity index (χ0n) is 15.2. The molecule has 1 aromatic carbocycles. The molecule has 0 spiro atoms. The molecule has 1 aromatic heterocycles. The summed E-state index contributed by atoms with van der Waals surface area (Å²) in [5.41, 5.74) is 0.734. The van der Waals surface area contributed by atoms with Gasteiger partial charge in [-0.05, 0) is 37.0 Å². The number of likely N-dealkylation sites (tertiary alicyclic amines) is 1. The summed E-state index contributed by atoms with van der Waals surface area (Å²) < 4.78 is 16.2. The highest BCUT2D eigenvalue weighted by atomic mass is 32.2. The van der Waals surface area contributed by atoms with Crippen molar-refractivity contribution >= 4 is 17.7 Å². The van der Waals surface area contributed by atoms with Crippen LogP contribution in [0.3, 0.4) is 0 Å². The first-order valence-corrected chi connectivity index (χ1v) is 9.55. The summed E-state index contributed by atoms with van der Waals surface area (Å²) in [6.07, 6.45) is 2.26. The molecule has 0 N–H and O–H groups in total. The van der Waals surface area contributed by atoms with E-state index in [0.717, 1.165) is 25.1 Å². The zero-order chi connectivity index (χ0) is 18.5. The van der Waals surface area contributed by atoms with Gasteiger partial charge in [-0.1, -0.05) is 18.7 Å². The number of ether oxygens (including phenoxy) is 2. The van der Waals surface area contributed by atoms with Gasteiger partial charge in [0, 0.05) is 18.7 Å². The van der Waals surface area contributed by atoms with Gasteiger partial charge in [0.1, 0.15) is 0 Å². The van der Waals surface area contributed by atoms with Gasteiger partial charge in [0.15, 0.2) is 11.5 Å². The predicted octanol–water partition coefficient (Wildman–Crippen LogP) is 3.10. The van der Waals surface area contributed by atoms with Crippen molar-refractivity contribution in [3.63, 3.8) is 0 Å². The topological polar surface area (TPSA) is 77.7 Å². The molecule has 2 heterocycles. The highest BCUT2D eigenvalue weighted by Gasteiger charge is 2.21. The lowest BCUT2D eigenvalue weighted by molar-refractivity contribution is -0.130. The van der Waals surface area contributed by atoms with Crippen LogP contribution in [0.2, 0.25) is 0 Å². The average Bonchev–Trinajstić information content (AvgIpc) is 3.14. The van der Waals surface area contributed by atoms with E-state index in [1.807, 2.05) is 11.0 Å². The summed E-state index contributed by atoms with van der Waals surface area (Å²) in [5.74, 6) is 2.59. The number of amides is 1. The van der Waals surface area contributed by atoms with Gasteiger partial charge in [-0.15, -0.1) is 10.2 Å². The van der Waals surface area contributed by atoms with Crippen molar-refractivity contribution < 1.29 is 18.7 Å². The molecular weight excluding hydrogens is 354 g/mol. The van der Waals surface area contributed by atoms with E-state index in [9.17, 15) is 4.79 Å². The third kappa shape index (κ3) is 4.30. The maximum absolute atomic E-state index is 12.3. The number of carbonyl (C=O) groups excluding carboxylic acids is 1. The van der Waals surface area contributed by atoms with Crippen LogP contribution in [0, 0.1) is 5.92 Å². The third-order valence-electron chi connectivity index (χ3n) is 4.37. The first-order chi connectivity index (χ1) is 12.6. The largest absolute Gasteiger partial charge is 0.493 e. The molecule has 1 atom stereocenters. The number of piperidine rings is 1. The normalized spacial score (nSPS) is 17.2. The Morgan fingerprint density at radius 3 is 2.85 bits per heavy atom. The van der Waals surface area contributed by atoms with Crippen LogP contribution in [-0.2, 0) is 4.79 Å². The fourth-order valence-electron chi connectivity index (χ4n) is 2.98. The summed E-state index contributed by atoms with van der Waals surface area (Å²) in [6, 6.07) is 5.39. The minimum absolute atomic E-state index is 0.118. The van der Waals surface area contributed by atoms with E-state index in [1.165, 1.54) is 18.2 Å². The summed E-state index contributed by atoms with van der Waals surface area (Å²) in [4.78, 5) is 14.3. The molecule has 26 heavy (non-hydrogen) atoms. The Morgan fingerprint density at radius 1 is 1.31 bits per heavy atom. The molecule has 8 heteroatoms. The first kappa shape index (κ1) is 18.6. The minimum atomic E-state index is 0.118. The molecule has 0 bridgehead atoms. The number of carbonyl (C=O) groups is 1. The Kier molecular flexibility index (Phi) is 6.03. The van der Waals surface area contributed by atoms with Gasteiger partial charge in [0.2, 0.25) is 11.8 Å². The van der Waals surface area contributed by atoms with E-state index in [1.54, 1.807) is 26.4 Å². The average molecular weight is 377 g/mol. The van der Waals surface area contributed by atoms with Gasteiger partial charge in [-0.2, -0.15) is 0 Å². The standard InChI is InChI=1S/C18H23N3O4S/c1-12-5-4-8-21(10-12)16(22)11-26-18-20-19-17(25-18)13-6-7-14(23-2)15(9-13)24-3/h6-7,9,12H,4-5,8,10-11H2,1-3H3/t12-/m0/s1. The monoisotopic (exact) mass is 377 g/mol. The zero-order valence-corrected chi connectivity index (χ0v) is 16.0. The number of rotatable bonds is 6. The Morgan fingerprint density at radius 2 is 2.12 bits per heavy atom. The third-order valence-corrected chi connectivity index (χ3v) is 5.17. The molecule has 1 amide bonds. The molecule has 0 aliphatic carbocycles. The van der Waals surface area contributed by atoms with Crippen molar-refractivity contribution in [2.24, 2.45) is 5.92 Å². The highest BCUT2D eigenvalue weighted by Crippen LogP contribution is 2.32. The smallest absolute Gasteiger partial charge is 0.277 e. The van der Waals surface area contributed by atoms with Crippen molar-refractivity contribution in [1.82, 2.24) is 15.1 Å². The molecule has 140 valence electrons. The lowest BCUT2D eigenvalue weighted by Crippen LogP contribution is -2.40. The van der Waals surface area contributed by atoms with Crippen LogP contribution in [0.25, 0.3) is 11.5 Å². The predicted molar refractivity (Wildman–Crippen MR) is 98.5 cm³/mol. The van der Waals surface area contributed by atoms with Crippen molar-refractivity contribution in [3.8, 4) is 23.0 Å². The van der Waals surface area contributed by atoms with Crippen LogP contribution >= 0.6 is 11.8 Å². The maximum atomic E-state index is 12.3. The number of thioether (sulfide) groups is 1. The lowest BCUT2D eigenvalue weighted by Gasteiger charge is -2.30. The number of aromatic nitrogens is 2. The summed E-state index contributed by atoms with van der Waals surface area (Å²) in [5, 5.41) is 8.47. The Balaban J connectivity index is 1.62. The van der Waals surface area contributed by atoms with Crippen LogP contribution in [0.5, 0.6) is 11.5 Å². The highest BCUT2D eigenvalue weighted by molar-refractivity contribution is 7.99. The molecule has 1 aliphatic rings. The molecule has 3 rings (SSSR count). The van der Waals surface area contributed by atoms with E-state index < -0.39 is 0 Å². The quantitative estimate of drug-likeness (QED) is 0.716. The molecular formula is C18H23N3O4S. The second-order valence-electron chi connectivity index (χ2n) is 6.32. The van der Waals surface area contributed by atoms with Gasteiger partial charge in [-0.3, -0.25) is 4.79 Å². The maximum Gasteiger partial charge on any atom is 0.277 e. The van der Waals surface area contributed by atoms with Crippen LogP contribution < -0.4 is 9.47 Å². The molecule has 1 saturated heterocycles. The van der Waals surface area contributed by atoms with Gasteiger partial charge in [-0.25, -0.2) is 0 Å². The van der Waals surface area contributed by atoms with Crippen molar-refractivity contribution in [1.29, 1.82) is 0 Å². The Hall–Kier alpha value is -2.22. The van der Waals surface area contributed by atoms with Gasteiger partial charge in [0.25, 0.3) is 5.22 Å². The van der Waals surface area contributed by atoms with Gasteiger partial charge < -0.3 is 18.8 Å². The van der Waals surface area contributed by atoms with Crippen molar-refractivity contribution in [2.45, 2.75) is 25.0 Å². The number of benzene rings is 1. The summed E-state index contributed by atoms with van der Waals surface area (Å²) in [6.45, 7) is 3.85. The Bertz CT molecular complexity index is 765. The molecule has 0 radical (unpaired) electrons. The number of nitrogens with zero attached hydrogens (tertiary/aromatic N) is 3. The fraction of sp³-hybridized carbons (Fsp3) is 0.500. The summed E-state index contributed by atoms with van der Waals surface area (Å²) in [7, 11) is 3.16. The van der Waals surface area contributed by atoms with E-state index in [-0.39, 0.29) is 5.91 Å². The van der Waals surface area contributed by atoms with Crippen LogP contribution in [0.4, 0.5) is 0 Å². The van der Waals surface area contributed by atoms with Gasteiger partial charge >= 0.3 is 0 Å². The molecule has 0 unspecified atom stereocenters. The number of hydrogen-bond acceptors (Lipinski definition) is 7. The second-order valence-corrected chi connectivity index (χ2v) is 7.25. The number of methoxy groups -OCH3 is 2. The molecule has 1 fully saturated rings. The van der Waals surface area contributed by atoms with E-state index in [4.69, 9.17) is 13.9 Å². The van der Waals surface area contributed by atoms with Crippen molar-refractivity contribution in [2.75, 3.05) is 33.1 Å². The summed E-state index contributed by atoms with van der Waals surface area (Å²) >= 11 is 1.27. The molecule has 1 aliphatic heterocycles. The molecule has 2 aromatic rings. The fourth-order valence-corrected chi connectivity index (χ4v) is 3.65.